The van der Waals surface area contributed by atoms with Gasteiger partial charge in [-0.25, -0.2) is 0 Å². The van der Waals surface area contributed by atoms with Gasteiger partial charge < -0.3 is 0 Å². The molecule has 2 aliphatic rings. The van der Waals surface area contributed by atoms with Crippen LogP contribution >= 0.6 is 38.6 Å². The molecule has 11 heteroatoms. The number of carbonyl (C=O) groups excluding carboxylic acids is 4. The van der Waals surface area contributed by atoms with Gasteiger partial charge in [0.05, 0.1) is 26.0 Å². The van der Waals surface area contributed by atoms with Gasteiger partial charge in [-0.1, -0.05) is 7.43 Å². The fraction of sp³-hybridized carbons (Fsp3) is 0.583. The summed E-state index contributed by atoms with van der Waals surface area (Å²) in [6.07, 6.45) is 17.7. The molecule has 0 unspecified atom stereocenters. The first-order valence-corrected chi connectivity index (χ1v) is 36.5. The molecule has 2 aliphatic heterocycles. The van der Waals surface area contributed by atoms with Crippen LogP contribution in [0.4, 0.5) is 0 Å². The van der Waals surface area contributed by atoms with E-state index in [0.29, 0.717) is 22.3 Å². The van der Waals surface area contributed by atoms with E-state index in [0.717, 1.165) is 28.9 Å². The number of thiophene rings is 2. The average molecular weight is 1120 g/mol. The third kappa shape index (κ3) is 16.1. The van der Waals surface area contributed by atoms with Gasteiger partial charge in [0.2, 0.25) is 0 Å². The van der Waals surface area contributed by atoms with Gasteiger partial charge >= 0.3 is 185 Å². The second-order valence-corrected chi connectivity index (χ2v) is 36.6. The van der Waals surface area contributed by atoms with E-state index in [1.165, 1.54) is 101 Å². The van der Waals surface area contributed by atoms with Gasteiger partial charge in [0.15, 0.2) is 0 Å². The van der Waals surface area contributed by atoms with Crippen molar-refractivity contribution < 1.29 is 19.2 Å². The van der Waals surface area contributed by atoms with Crippen molar-refractivity contribution >= 4 is 122 Å². The first kappa shape index (κ1) is 53.9. The minimum absolute atomic E-state index is 0. The average Bonchev–Trinajstić information content (AvgIpc) is 3.90. The van der Waals surface area contributed by atoms with Crippen LogP contribution in [0.1, 0.15) is 172 Å². The van der Waals surface area contributed by atoms with Crippen LogP contribution in [0.25, 0.3) is 20.2 Å². The van der Waals surface area contributed by atoms with Crippen molar-refractivity contribution in [3.8, 4) is 0 Å². The summed E-state index contributed by atoms with van der Waals surface area (Å²) in [6, 6.07) is 11.2. The van der Waals surface area contributed by atoms with Crippen molar-refractivity contribution in [3.05, 3.63) is 67.3 Å². The Balaban J connectivity index is 0.000000272. The molecule has 2 aromatic carbocycles. The maximum absolute atomic E-state index is 11.8. The second kappa shape index (κ2) is 28.4. The van der Waals surface area contributed by atoms with Crippen molar-refractivity contribution in [1.29, 1.82) is 0 Å². The minimum atomic E-state index is -0.839. The number of benzene rings is 2. The first-order chi connectivity index (χ1) is 27.8. The van der Waals surface area contributed by atoms with Gasteiger partial charge in [0, 0.05) is 28.4 Å². The Bertz CT molecular complexity index is 1660. The van der Waals surface area contributed by atoms with Crippen molar-refractivity contribution in [3.63, 3.8) is 0 Å². The third-order valence-electron chi connectivity index (χ3n) is 10.8. The summed E-state index contributed by atoms with van der Waals surface area (Å²) in [4.78, 5) is 50.6. The Labute approximate surface area is 388 Å². The molecule has 0 bridgehead atoms. The number of hydrogen-bond donors (Lipinski definition) is 0. The van der Waals surface area contributed by atoms with Crippen LogP contribution in [0, 0.1) is 6.92 Å². The summed E-state index contributed by atoms with van der Waals surface area (Å²) < 4.78 is 13.2. The molecule has 0 saturated heterocycles. The molecule has 0 atom stereocenters. The number of imide groups is 2. The van der Waals surface area contributed by atoms with Gasteiger partial charge in [0.1, 0.15) is 0 Å². The molecular weight excluding hydrogens is 1050 g/mol. The molecule has 2 aromatic heterocycles. The van der Waals surface area contributed by atoms with Crippen LogP contribution in [-0.2, 0) is 0 Å². The van der Waals surface area contributed by atoms with Crippen molar-refractivity contribution in [2.75, 3.05) is 14.1 Å². The number of carbonyl (C=O) groups is 4. The monoisotopic (exact) mass is 1120 g/mol. The number of fused-ring (bicyclic) bond motifs is 4. The molecule has 0 fully saturated rings. The molecule has 0 spiro atoms. The van der Waals surface area contributed by atoms with E-state index >= 15 is 0 Å². The Morgan fingerprint density at radius 2 is 0.763 bits per heavy atom. The Morgan fingerprint density at radius 1 is 0.475 bits per heavy atom. The number of amides is 4. The van der Waals surface area contributed by atoms with Crippen molar-refractivity contribution in [2.45, 2.75) is 160 Å². The number of halogens is 1. The fourth-order valence-corrected chi connectivity index (χ4v) is 28.6. The van der Waals surface area contributed by atoms with E-state index < -0.39 is 39.5 Å². The maximum Gasteiger partial charge on any atom is 0.261 e. The van der Waals surface area contributed by atoms with Gasteiger partial charge in [0.25, 0.3) is 23.6 Å². The second-order valence-electron chi connectivity index (χ2n) is 15.7. The summed E-state index contributed by atoms with van der Waals surface area (Å²) >= 11 is 4.91. The van der Waals surface area contributed by atoms with E-state index in [-0.39, 0.29) is 31.1 Å². The quantitative estimate of drug-likeness (QED) is 0.0735. The maximum atomic E-state index is 11.8. The summed E-state index contributed by atoms with van der Waals surface area (Å²) in [5.41, 5.74) is 2.07. The number of aryl methyl sites for hydroxylation is 1. The van der Waals surface area contributed by atoms with Gasteiger partial charge in [-0.3, -0.25) is 29.0 Å². The predicted octanol–water partition coefficient (Wildman–Crippen LogP) is 15.7. The number of rotatable bonds is 18. The zero-order valence-electron chi connectivity index (χ0n) is 36.9. The van der Waals surface area contributed by atoms with Crippen LogP contribution in [0.3, 0.4) is 0 Å². The normalized spacial score (nSPS) is 13.0. The van der Waals surface area contributed by atoms with Gasteiger partial charge in [-0.15, -0.1) is 22.7 Å². The Hall–Kier alpha value is -1.28. The first-order valence-electron chi connectivity index (χ1n) is 21.9. The smallest absolute Gasteiger partial charge is 0.261 e. The molecule has 6 nitrogen and oxygen atoms in total. The van der Waals surface area contributed by atoms with E-state index in [2.05, 4.69) is 57.5 Å². The van der Waals surface area contributed by atoms with Crippen LogP contribution in [0.5, 0.6) is 0 Å². The molecule has 2 radical (unpaired) electrons. The molecule has 59 heavy (non-hydrogen) atoms. The molecule has 6 rings (SSSR count). The molecule has 4 amide bonds. The zero-order valence-corrected chi connectivity index (χ0v) is 45.8. The standard InChI is InChI=1S/C12H9NO2S.C11H6BrNO2S.6C4H9.CH4.2Sn/c1-6-3-7-4-8-9(5-10(7)16-6)12(15)13(2)11(8)14;1-13-10(14)6-2-5-3-9(12)16-8(5)4-7(6)11(13)15;6*1-3-4-2;;;/h3-5H,1-2H3;2-4H,1H3;6*1,3-4H2,2H3;1H4;;. The van der Waals surface area contributed by atoms with Crippen LogP contribution in [0.15, 0.2) is 40.2 Å². The molecule has 0 saturated carbocycles. The number of unbranched alkanes of at least 4 members (excludes halogenated alkanes) is 6. The van der Waals surface area contributed by atoms with Crippen LogP contribution in [0.2, 0.25) is 26.6 Å². The van der Waals surface area contributed by atoms with E-state index in [9.17, 15) is 19.2 Å². The zero-order chi connectivity index (χ0) is 42.8. The summed E-state index contributed by atoms with van der Waals surface area (Å²) in [6.45, 7) is 16.0. The fourth-order valence-electron chi connectivity index (χ4n) is 7.20. The Morgan fingerprint density at radius 3 is 1.08 bits per heavy atom. The third-order valence-corrected chi connectivity index (χ3v) is 31.6. The summed E-state index contributed by atoms with van der Waals surface area (Å²) in [7, 11) is 3.03. The molecule has 0 N–H and O–H groups in total. The topological polar surface area (TPSA) is 74.8 Å². The largest absolute Gasteiger partial charge is 0.277 e. The molecule has 0 aliphatic carbocycles. The number of nitrogens with zero attached hydrogens (tertiary/aromatic N) is 2. The van der Waals surface area contributed by atoms with E-state index in [4.69, 9.17) is 0 Å². The molecule has 4 aromatic rings. The minimum Gasteiger partial charge on any atom is -0.277 e. The van der Waals surface area contributed by atoms with Gasteiger partial charge in [-0.05, 0) is 70.0 Å². The SMILES string of the molecule is C.CCC[CH2][Sn]([CH2]CCC)[CH2]CCC.CCC[CH2][Sn]([CH2]CCC)[CH2]CCC.CN1C(=O)c2cc3cc(Br)sc3cc2C1=O.Cc1cc2cc3c(cc2s1)C(=O)N(C)C3=O. The van der Waals surface area contributed by atoms with Crippen LogP contribution in [-0.4, -0.2) is 87.0 Å². The van der Waals surface area contributed by atoms with Gasteiger partial charge in [-0.2, -0.15) is 0 Å². The van der Waals surface area contributed by atoms with Crippen molar-refractivity contribution in [1.82, 2.24) is 9.80 Å². The number of hydrogen-bond acceptors (Lipinski definition) is 6. The van der Waals surface area contributed by atoms with Crippen molar-refractivity contribution in [2.24, 2.45) is 0 Å². The summed E-state index contributed by atoms with van der Waals surface area (Å²) in [5.74, 6) is -0.839. The molecule has 4 heterocycles. The van der Waals surface area contributed by atoms with E-state index in [1.54, 1.807) is 61.4 Å². The predicted molar refractivity (Wildman–Crippen MR) is 265 cm³/mol. The summed E-state index contributed by atoms with van der Waals surface area (Å²) in [5, 5.41) is 2.03. The molecule has 326 valence electrons. The Kier molecular flexibility index (Phi) is 25.9. The van der Waals surface area contributed by atoms with E-state index in [1.807, 2.05) is 31.2 Å². The van der Waals surface area contributed by atoms with Crippen LogP contribution < -0.4 is 0 Å². The molecular formula is C48H73BrN2O4S2Sn2.